The van der Waals surface area contributed by atoms with Gasteiger partial charge in [-0.3, -0.25) is 0 Å². The molecule has 0 unspecified atom stereocenters. The minimum Gasteiger partial charge on any atom is -0.456 e. The van der Waals surface area contributed by atoms with Crippen molar-refractivity contribution in [2.75, 3.05) is 0 Å². The maximum absolute atomic E-state index is 6.47. The van der Waals surface area contributed by atoms with Gasteiger partial charge in [0.2, 0.25) is 0 Å². The first-order valence-corrected chi connectivity index (χ1v) is 20.5. The Bertz CT molecular complexity index is 4060. The topological polar surface area (TPSA) is 13.1 Å². The third-order valence-corrected chi connectivity index (χ3v) is 13.3. The molecule has 0 radical (unpaired) electrons. The second-order valence-corrected chi connectivity index (χ2v) is 16.3. The Morgan fingerprint density at radius 2 is 0.644 bits per heavy atom. The average molecular weight is 745 g/mol. The first-order valence-electron chi connectivity index (χ1n) is 20.5. The molecule has 1 heterocycles. The summed E-state index contributed by atoms with van der Waals surface area (Å²) in [4.78, 5) is 0. The van der Waals surface area contributed by atoms with E-state index in [1.165, 1.54) is 119 Å². The maximum atomic E-state index is 6.47. The van der Waals surface area contributed by atoms with Crippen LogP contribution in [0.3, 0.4) is 0 Å². The van der Waals surface area contributed by atoms with Crippen molar-refractivity contribution in [3.05, 3.63) is 194 Å². The van der Waals surface area contributed by atoms with Gasteiger partial charge in [-0.05, 0) is 156 Å². The summed E-state index contributed by atoms with van der Waals surface area (Å²) in [6.07, 6.45) is 0. The molecule has 0 fully saturated rings. The van der Waals surface area contributed by atoms with E-state index in [4.69, 9.17) is 4.42 Å². The molecular weight excluding hydrogens is 713 g/mol. The molecule has 0 saturated carbocycles. The minimum absolute atomic E-state index is 0.908. The van der Waals surface area contributed by atoms with Crippen LogP contribution in [0.5, 0.6) is 0 Å². The van der Waals surface area contributed by atoms with Crippen LogP contribution in [0.15, 0.2) is 199 Å². The van der Waals surface area contributed by atoms with Crippen molar-refractivity contribution >= 4 is 119 Å². The summed E-state index contributed by atoms with van der Waals surface area (Å²) in [6, 6.07) is 72.4. The third kappa shape index (κ3) is 4.23. The molecule has 59 heavy (non-hydrogen) atoms. The number of benzene rings is 12. The Morgan fingerprint density at radius 1 is 0.220 bits per heavy atom. The van der Waals surface area contributed by atoms with Gasteiger partial charge in [-0.2, -0.15) is 0 Å². The number of furan rings is 1. The quantitative estimate of drug-likeness (QED) is 0.127. The monoisotopic (exact) mass is 744 g/mol. The average Bonchev–Trinajstić information content (AvgIpc) is 3.64. The van der Waals surface area contributed by atoms with Gasteiger partial charge in [0.1, 0.15) is 11.2 Å². The summed E-state index contributed by atoms with van der Waals surface area (Å²) < 4.78 is 6.47. The fraction of sp³-hybridized carbons (Fsp3) is 0. The van der Waals surface area contributed by atoms with Crippen LogP contribution in [-0.4, -0.2) is 0 Å². The highest BCUT2D eigenvalue weighted by Gasteiger charge is 2.21. The summed E-state index contributed by atoms with van der Waals surface area (Å²) in [5.41, 5.74) is 6.75. The predicted octanol–water partition coefficient (Wildman–Crippen LogP) is 16.7. The van der Waals surface area contributed by atoms with E-state index < -0.39 is 0 Å². The maximum Gasteiger partial charge on any atom is 0.136 e. The molecule has 0 aliphatic heterocycles. The van der Waals surface area contributed by atoms with Gasteiger partial charge in [0.15, 0.2) is 0 Å². The van der Waals surface area contributed by atoms with Gasteiger partial charge in [-0.25, -0.2) is 0 Å². The number of hydrogen-bond donors (Lipinski definition) is 0. The highest BCUT2D eigenvalue weighted by molar-refractivity contribution is 6.37. The second-order valence-electron chi connectivity index (χ2n) is 16.3. The van der Waals surface area contributed by atoms with Gasteiger partial charge in [-0.15, -0.1) is 0 Å². The van der Waals surface area contributed by atoms with E-state index in [1.807, 2.05) is 0 Å². The summed E-state index contributed by atoms with van der Waals surface area (Å²) in [6.45, 7) is 0. The molecule has 0 N–H and O–H groups in total. The normalized spacial score (nSPS) is 12.4. The Labute approximate surface area is 338 Å². The number of fused-ring (bicyclic) bond motifs is 8. The predicted molar refractivity (Wildman–Crippen MR) is 253 cm³/mol. The van der Waals surface area contributed by atoms with Crippen LogP contribution in [0, 0.1) is 0 Å². The largest absolute Gasteiger partial charge is 0.456 e. The van der Waals surface area contributed by atoms with E-state index in [1.54, 1.807) is 0 Å². The van der Waals surface area contributed by atoms with Crippen molar-refractivity contribution in [2.24, 2.45) is 0 Å². The molecule has 0 saturated heterocycles. The standard InChI is InChI=1S/C58H32O/c1-2-11-37-32-52-49(29-36(37)10-1)48-30-39(26-27-51(48)59-52)53-41-15-3-5-17-43(41)54(44-18-6-4-16-42(44)53)40-28-38-25-24-35-13-8-20-46-45-19-7-12-33-22-23-34-14-9-21-47(57(34)55(33)45)50(31-40)58(38)56(35)46/h1-32H. The highest BCUT2D eigenvalue weighted by Crippen LogP contribution is 2.48. The molecule has 14 rings (SSSR count). The van der Waals surface area contributed by atoms with E-state index >= 15 is 0 Å². The lowest BCUT2D eigenvalue weighted by Gasteiger charge is -2.20. The lowest BCUT2D eigenvalue weighted by molar-refractivity contribution is 0.669. The van der Waals surface area contributed by atoms with Crippen LogP contribution in [0.2, 0.25) is 0 Å². The fourth-order valence-electron chi connectivity index (χ4n) is 10.8. The summed E-state index contributed by atoms with van der Waals surface area (Å²) in [5, 5.41) is 25.2. The molecule has 0 atom stereocenters. The van der Waals surface area contributed by atoms with E-state index in [9.17, 15) is 0 Å². The Morgan fingerprint density at radius 3 is 1.24 bits per heavy atom. The highest BCUT2D eigenvalue weighted by atomic mass is 16.3. The van der Waals surface area contributed by atoms with Crippen molar-refractivity contribution in [2.45, 2.75) is 0 Å². The lowest BCUT2D eigenvalue weighted by atomic mass is 9.83. The molecule has 1 nitrogen and oxygen atoms in total. The van der Waals surface area contributed by atoms with Crippen molar-refractivity contribution in [1.29, 1.82) is 0 Å². The van der Waals surface area contributed by atoms with E-state index in [2.05, 4.69) is 194 Å². The fourth-order valence-corrected chi connectivity index (χ4v) is 10.8. The SMILES string of the molecule is c1ccc2cc3c(cc2c1)oc1ccc(-c2c4ccccc4c(-c4cc5ccc6cccc7c8cccc9ccc%10cccc(c(c4)c5c67)c%10c98)c4ccccc24)cc13. The zero-order valence-corrected chi connectivity index (χ0v) is 31.9. The first kappa shape index (κ1) is 31.4. The Hall–Kier alpha value is -7.74. The molecular formula is C58H32O. The molecule has 0 spiro atoms. The first-order chi connectivity index (χ1) is 29.2. The van der Waals surface area contributed by atoms with E-state index in [-0.39, 0.29) is 0 Å². The Kier molecular flexibility index (Phi) is 6.08. The Balaban J connectivity index is 1.12. The van der Waals surface area contributed by atoms with Crippen LogP contribution in [0.4, 0.5) is 0 Å². The molecule has 0 bridgehead atoms. The number of rotatable bonds is 2. The zero-order chi connectivity index (χ0) is 38.3. The summed E-state index contributed by atoms with van der Waals surface area (Å²) in [7, 11) is 0. The van der Waals surface area contributed by atoms with Crippen molar-refractivity contribution in [3.8, 4) is 22.3 Å². The molecule has 0 aliphatic rings. The number of hydrogen-bond acceptors (Lipinski definition) is 1. The van der Waals surface area contributed by atoms with Crippen LogP contribution < -0.4 is 0 Å². The van der Waals surface area contributed by atoms with Crippen LogP contribution in [0.1, 0.15) is 0 Å². The summed E-state index contributed by atoms with van der Waals surface area (Å²) >= 11 is 0. The van der Waals surface area contributed by atoms with Gasteiger partial charge in [0, 0.05) is 10.8 Å². The third-order valence-electron chi connectivity index (χ3n) is 13.3. The molecule has 1 aromatic heterocycles. The zero-order valence-electron chi connectivity index (χ0n) is 31.9. The van der Waals surface area contributed by atoms with Gasteiger partial charge in [0.05, 0.1) is 0 Å². The van der Waals surface area contributed by atoms with Gasteiger partial charge in [-0.1, -0.05) is 158 Å². The molecule has 270 valence electrons. The van der Waals surface area contributed by atoms with Crippen molar-refractivity contribution < 1.29 is 4.42 Å². The summed E-state index contributed by atoms with van der Waals surface area (Å²) in [5.74, 6) is 0. The van der Waals surface area contributed by atoms with E-state index in [0.29, 0.717) is 0 Å². The molecule has 0 aliphatic carbocycles. The molecule has 14 aromatic rings. The van der Waals surface area contributed by atoms with Gasteiger partial charge < -0.3 is 4.42 Å². The molecule has 13 aromatic carbocycles. The lowest BCUT2D eigenvalue weighted by Crippen LogP contribution is -1.92. The van der Waals surface area contributed by atoms with Crippen molar-refractivity contribution in [3.63, 3.8) is 0 Å². The van der Waals surface area contributed by atoms with Crippen LogP contribution >= 0.6 is 0 Å². The van der Waals surface area contributed by atoms with Crippen LogP contribution in [-0.2, 0) is 0 Å². The van der Waals surface area contributed by atoms with E-state index in [0.717, 1.165) is 21.9 Å². The molecule has 1 heteroatoms. The van der Waals surface area contributed by atoms with Gasteiger partial charge in [0.25, 0.3) is 0 Å². The smallest absolute Gasteiger partial charge is 0.136 e. The second kappa shape index (κ2) is 11.4. The van der Waals surface area contributed by atoms with Gasteiger partial charge >= 0.3 is 0 Å². The van der Waals surface area contributed by atoms with Crippen molar-refractivity contribution in [1.82, 2.24) is 0 Å². The van der Waals surface area contributed by atoms with Crippen LogP contribution in [0.25, 0.3) is 141 Å². The minimum atomic E-state index is 0.908. The molecule has 0 amide bonds.